The van der Waals surface area contributed by atoms with Crippen LogP contribution in [0.1, 0.15) is 46.9 Å². The minimum atomic E-state index is -0.704. The highest BCUT2D eigenvalue weighted by Gasteiger charge is 2.52. The molecule has 1 saturated heterocycles. The number of rotatable bonds is 5. The molecule has 0 aromatic heterocycles. The summed E-state index contributed by atoms with van der Waals surface area (Å²) in [5, 5.41) is 2.23. The van der Waals surface area contributed by atoms with Crippen molar-refractivity contribution in [2.24, 2.45) is 17.8 Å². The van der Waals surface area contributed by atoms with Crippen LogP contribution < -0.4 is 0 Å². The molecule has 0 N–H and O–H groups in total. The number of nitrogens with zero attached hydrogens (tertiary/aromatic N) is 2. The maximum absolute atomic E-state index is 13.5. The van der Waals surface area contributed by atoms with Gasteiger partial charge in [-0.2, -0.15) is 5.01 Å². The van der Waals surface area contributed by atoms with Crippen molar-refractivity contribution in [1.82, 2.24) is 10.0 Å². The molecule has 2 aromatic rings. The van der Waals surface area contributed by atoms with Crippen molar-refractivity contribution in [2.75, 3.05) is 6.54 Å². The molecule has 1 aliphatic carbocycles. The van der Waals surface area contributed by atoms with Gasteiger partial charge in [0.25, 0.3) is 17.7 Å². The standard InChI is InChI=1S/C24H22Cl2N2O4/c1-14-7-9-17-19(11-14)24(32)28(23(17)31)27(13-21(29)15-5-3-2-4-6-15)22(30)18-10-8-16(25)12-20(18)26/h2-6,8,10,12,14,17,19H,7,9,11,13H2,1H3/t14-,17-,19+/m1/s1. The average Bonchev–Trinajstić information content (AvgIpc) is 3.01. The van der Waals surface area contributed by atoms with Crippen LogP contribution in [0.5, 0.6) is 0 Å². The molecule has 3 amide bonds. The lowest BCUT2D eigenvalue weighted by Gasteiger charge is -2.30. The van der Waals surface area contributed by atoms with E-state index < -0.39 is 41.9 Å². The molecule has 1 aliphatic heterocycles. The fourth-order valence-corrected chi connectivity index (χ4v) is 4.99. The van der Waals surface area contributed by atoms with Gasteiger partial charge in [-0.1, -0.05) is 60.5 Å². The van der Waals surface area contributed by atoms with Gasteiger partial charge in [-0.25, -0.2) is 5.01 Å². The first-order valence-electron chi connectivity index (χ1n) is 10.5. The van der Waals surface area contributed by atoms with Crippen molar-refractivity contribution in [1.29, 1.82) is 0 Å². The summed E-state index contributed by atoms with van der Waals surface area (Å²) in [7, 11) is 0. The number of carbonyl (C=O) groups excluding carboxylic acids is 4. The fraction of sp³-hybridized carbons (Fsp3) is 0.333. The molecule has 0 bridgehead atoms. The molecular formula is C24H22Cl2N2O4. The van der Waals surface area contributed by atoms with Crippen LogP contribution in [0.3, 0.4) is 0 Å². The van der Waals surface area contributed by atoms with Crippen LogP contribution in [0.4, 0.5) is 0 Å². The van der Waals surface area contributed by atoms with Gasteiger partial charge < -0.3 is 0 Å². The molecule has 2 aromatic carbocycles. The van der Waals surface area contributed by atoms with E-state index in [1.807, 2.05) is 6.92 Å². The van der Waals surface area contributed by atoms with Crippen molar-refractivity contribution in [3.63, 3.8) is 0 Å². The zero-order valence-corrected chi connectivity index (χ0v) is 19.0. The van der Waals surface area contributed by atoms with Gasteiger partial charge in [0.1, 0.15) is 6.54 Å². The van der Waals surface area contributed by atoms with Gasteiger partial charge in [-0.15, -0.1) is 0 Å². The molecule has 0 radical (unpaired) electrons. The van der Waals surface area contributed by atoms with E-state index >= 15 is 0 Å². The van der Waals surface area contributed by atoms with E-state index in [2.05, 4.69) is 0 Å². The molecule has 1 saturated carbocycles. The molecule has 32 heavy (non-hydrogen) atoms. The summed E-state index contributed by atoms with van der Waals surface area (Å²) in [5.74, 6) is -2.61. The SMILES string of the molecule is C[C@@H]1CC[C@H]2C(=O)N(N(CC(=O)c3ccccc3)C(=O)c3ccc(Cl)cc3Cl)C(=O)[C@H]2C1. The molecule has 0 unspecified atom stereocenters. The van der Waals surface area contributed by atoms with Gasteiger partial charge in [0.15, 0.2) is 5.78 Å². The van der Waals surface area contributed by atoms with Gasteiger partial charge >= 0.3 is 0 Å². The highest BCUT2D eigenvalue weighted by molar-refractivity contribution is 6.36. The third-order valence-electron chi connectivity index (χ3n) is 6.19. The maximum Gasteiger partial charge on any atom is 0.274 e. The minimum Gasteiger partial charge on any atom is -0.292 e. The van der Waals surface area contributed by atoms with Crippen LogP contribution in [0, 0.1) is 17.8 Å². The molecule has 6 nitrogen and oxygen atoms in total. The number of Topliss-reactive ketones (excluding diaryl/α,β-unsaturated/α-hetero) is 1. The third kappa shape index (κ3) is 4.17. The number of ketones is 1. The summed E-state index contributed by atoms with van der Waals surface area (Å²) in [6.45, 7) is 1.58. The van der Waals surface area contributed by atoms with Gasteiger partial charge in [-0.05, 0) is 43.4 Å². The second kappa shape index (κ2) is 9.04. The first-order valence-corrected chi connectivity index (χ1v) is 11.3. The van der Waals surface area contributed by atoms with E-state index in [1.165, 1.54) is 18.2 Å². The minimum absolute atomic E-state index is 0.0563. The van der Waals surface area contributed by atoms with Crippen LogP contribution in [-0.4, -0.2) is 40.1 Å². The summed E-state index contributed by atoms with van der Waals surface area (Å²) < 4.78 is 0. The Hall–Kier alpha value is -2.70. The maximum atomic E-state index is 13.5. The monoisotopic (exact) mass is 472 g/mol. The van der Waals surface area contributed by atoms with E-state index in [1.54, 1.807) is 30.3 Å². The number of halogens is 2. The molecule has 2 aliphatic rings. The number of hydrogen-bond acceptors (Lipinski definition) is 4. The van der Waals surface area contributed by atoms with Crippen molar-refractivity contribution in [3.05, 3.63) is 69.7 Å². The Morgan fingerprint density at radius 2 is 1.69 bits per heavy atom. The summed E-state index contributed by atoms with van der Waals surface area (Å²) in [6.07, 6.45) is 2.01. The van der Waals surface area contributed by atoms with Crippen molar-refractivity contribution >= 4 is 46.7 Å². The number of fused-ring (bicyclic) bond motifs is 1. The zero-order chi connectivity index (χ0) is 23.0. The zero-order valence-electron chi connectivity index (χ0n) is 17.5. The average molecular weight is 473 g/mol. The molecule has 2 fully saturated rings. The lowest BCUT2D eigenvalue weighted by Crippen LogP contribution is -2.52. The van der Waals surface area contributed by atoms with E-state index in [0.717, 1.165) is 16.4 Å². The molecule has 166 valence electrons. The summed E-state index contributed by atoms with van der Waals surface area (Å²) in [4.78, 5) is 53.0. The fourth-order valence-electron chi connectivity index (χ4n) is 4.50. The Balaban J connectivity index is 1.72. The first kappa shape index (κ1) is 22.5. The highest BCUT2D eigenvalue weighted by Crippen LogP contribution is 2.41. The number of carbonyl (C=O) groups is 4. The summed E-state index contributed by atoms with van der Waals surface area (Å²) in [6, 6.07) is 12.7. The van der Waals surface area contributed by atoms with Crippen LogP contribution in [-0.2, 0) is 9.59 Å². The van der Waals surface area contributed by atoms with Crippen LogP contribution in [0.15, 0.2) is 48.5 Å². The van der Waals surface area contributed by atoms with E-state index in [4.69, 9.17) is 23.2 Å². The lowest BCUT2D eigenvalue weighted by molar-refractivity contribution is -0.154. The van der Waals surface area contributed by atoms with Gasteiger partial charge in [0.05, 0.1) is 22.4 Å². The number of benzene rings is 2. The van der Waals surface area contributed by atoms with Crippen molar-refractivity contribution < 1.29 is 19.2 Å². The largest absolute Gasteiger partial charge is 0.292 e. The van der Waals surface area contributed by atoms with Crippen LogP contribution in [0.2, 0.25) is 10.0 Å². The second-order valence-corrected chi connectivity index (χ2v) is 9.24. The summed E-state index contributed by atoms with van der Waals surface area (Å²) >= 11 is 12.2. The number of hydrazine groups is 1. The van der Waals surface area contributed by atoms with E-state index in [0.29, 0.717) is 29.3 Å². The van der Waals surface area contributed by atoms with Gasteiger partial charge in [0.2, 0.25) is 0 Å². The number of imide groups is 1. The topological polar surface area (TPSA) is 74.8 Å². The molecular weight excluding hydrogens is 451 g/mol. The highest BCUT2D eigenvalue weighted by atomic mass is 35.5. The van der Waals surface area contributed by atoms with Crippen LogP contribution in [0.25, 0.3) is 0 Å². The van der Waals surface area contributed by atoms with Crippen LogP contribution >= 0.6 is 23.2 Å². The van der Waals surface area contributed by atoms with E-state index in [9.17, 15) is 19.2 Å². The Kier molecular flexibility index (Phi) is 6.35. The van der Waals surface area contributed by atoms with Crippen molar-refractivity contribution in [3.8, 4) is 0 Å². The first-order chi connectivity index (χ1) is 15.3. The Labute approximate surface area is 196 Å². The predicted octanol–water partition coefficient (Wildman–Crippen LogP) is 4.65. The number of amides is 3. The Morgan fingerprint density at radius 1 is 1.00 bits per heavy atom. The van der Waals surface area contributed by atoms with Gasteiger partial charge in [-0.3, -0.25) is 19.2 Å². The molecule has 3 atom stereocenters. The van der Waals surface area contributed by atoms with Crippen molar-refractivity contribution in [2.45, 2.75) is 26.2 Å². The second-order valence-electron chi connectivity index (χ2n) is 8.40. The summed E-state index contributed by atoms with van der Waals surface area (Å²) in [5.41, 5.74) is 0.429. The lowest BCUT2D eigenvalue weighted by atomic mass is 9.76. The Bertz CT molecular complexity index is 1090. The molecule has 8 heteroatoms. The molecule has 0 spiro atoms. The quantitative estimate of drug-likeness (QED) is 0.468. The molecule has 1 heterocycles. The normalized spacial score (nSPS) is 22.6. The predicted molar refractivity (Wildman–Crippen MR) is 120 cm³/mol. The number of hydrogen-bond donors (Lipinski definition) is 0. The Morgan fingerprint density at radius 3 is 2.38 bits per heavy atom. The van der Waals surface area contributed by atoms with Gasteiger partial charge in [0, 0.05) is 10.6 Å². The molecule has 4 rings (SSSR count). The third-order valence-corrected chi connectivity index (χ3v) is 6.74. The smallest absolute Gasteiger partial charge is 0.274 e. The van der Waals surface area contributed by atoms with E-state index in [-0.39, 0.29) is 10.6 Å².